The molecule has 1 amide bonds. The molecule has 2 heterocycles. The molecule has 182 valence electrons. The van der Waals surface area contributed by atoms with E-state index in [-0.39, 0.29) is 18.6 Å². The first kappa shape index (κ1) is 23.2. The monoisotopic (exact) mass is 491 g/mol. The van der Waals surface area contributed by atoms with Gasteiger partial charge in [-0.05, 0) is 41.3 Å². The molecule has 6 nitrogen and oxygen atoms in total. The van der Waals surface area contributed by atoms with Crippen LogP contribution in [0.3, 0.4) is 0 Å². The first-order valence-corrected chi connectivity index (χ1v) is 11.1. The molecule has 36 heavy (non-hydrogen) atoms. The van der Waals surface area contributed by atoms with E-state index in [1.807, 2.05) is 24.3 Å². The Hall–Kier alpha value is -4.53. The average molecular weight is 491 g/mol. The summed E-state index contributed by atoms with van der Waals surface area (Å²) >= 11 is 0. The Labute approximate surface area is 202 Å². The van der Waals surface area contributed by atoms with Gasteiger partial charge in [-0.1, -0.05) is 42.5 Å². The molecule has 0 bridgehead atoms. The number of rotatable bonds is 5. The Morgan fingerprint density at radius 3 is 2.58 bits per heavy atom. The number of fused-ring (bicyclic) bond motifs is 2. The molecule has 0 atom stereocenters. The van der Waals surface area contributed by atoms with Crippen molar-refractivity contribution in [2.75, 3.05) is 11.9 Å². The minimum atomic E-state index is -4.43. The van der Waals surface area contributed by atoms with Crippen molar-refractivity contribution in [1.29, 1.82) is 0 Å². The highest BCUT2D eigenvalue weighted by atomic mass is 19.4. The van der Waals surface area contributed by atoms with Gasteiger partial charge in [0.2, 0.25) is 0 Å². The van der Waals surface area contributed by atoms with E-state index < -0.39 is 17.8 Å². The number of H-pyrrole nitrogens is 2. The largest absolute Gasteiger partial charge is 0.449 e. The number of alkyl halides is 3. The Morgan fingerprint density at radius 2 is 1.75 bits per heavy atom. The maximum atomic E-state index is 12.8. The molecular weight excluding hydrogens is 471 g/mol. The van der Waals surface area contributed by atoms with Gasteiger partial charge in [-0.25, -0.2) is 4.79 Å². The van der Waals surface area contributed by atoms with Crippen LogP contribution in [0, 0.1) is 0 Å². The molecule has 0 radical (unpaired) electrons. The highest BCUT2D eigenvalue weighted by Crippen LogP contribution is 2.30. The number of pyridine rings is 1. The second-order valence-corrected chi connectivity index (χ2v) is 8.27. The summed E-state index contributed by atoms with van der Waals surface area (Å²) in [7, 11) is 0. The quantitative estimate of drug-likeness (QED) is 0.263. The molecule has 0 spiro atoms. The summed E-state index contributed by atoms with van der Waals surface area (Å²) < 4.78 is 43.6. The summed E-state index contributed by atoms with van der Waals surface area (Å²) in [6.45, 7) is -0.0917. The molecule has 3 N–H and O–H groups in total. The standard InChI is InChI=1S/C27H20F3N3O3/c28-27(29,30)18-5-3-4-16(12-18)10-11-36-26(35)32-19-9-8-17-13-21(25(34)33-24(17)14-19)22-15-31-23-7-2-1-6-20(22)23/h1-9,12-15,31H,10-11H2,(H,32,35)(H,33,34). The SMILES string of the molecule is O=C(Nc1ccc2cc(-c3c[nH]c4ccccc34)c(=O)[nH]c2c1)OCCc1cccc(C(F)(F)F)c1. The van der Waals surface area contributed by atoms with Gasteiger partial charge in [-0.3, -0.25) is 10.1 Å². The molecule has 0 aliphatic carbocycles. The lowest BCUT2D eigenvalue weighted by atomic mass is 10.0. The first-order valence-electron chi connectivity index (χ1n) is 11.1. The Kier molecular flexibility index (Phi) is 5.97. The number of anilines is 1. The van der Waals surface area contributed by atoms with E-state index >= 15 is 0 Å². The van der Waals surface area contributed by atoms with Gasteiger partial charge >= 0.3 is 12.3 Å². The minimum Gasteiger partial charge on any atom is -0.449 e. The van der Waals surface area contributed by atoms with Crippen molar-refractivity contribution in [2.45, 2.75) is 12.6 Å². The summed E-state index contributed by atoms with van der Waals surface area (Å²) in [5.74, 6) is 0. The first-order chi connectivity index (χ1) is 17.3. The van der Waals surface area contributed by atoms with Crippen LogP contribution < -0.4 is 10.9 Å². The van der Waals surface area contributed by atoms with Crippen molar-refractivity contribution in [1.82, 2.24) is 9.97 Å². The van der Waals surface area contributed by atoms with Crippen LogP contribution in [0.25, 0.3) is 32.9 Å². The van der Waals surface area contributed by atoms with E-state index in [0.717, 1.165) is 34.0 Å². The predicted octanol–water partition coefficient (Wildman–Crippen LogP) is 6.49. The third kappa shape index (κ3) is 4.81. The maximum Gasteiger partial charge on any atom is 0.416 e. The van der Waals surface area contributed by atoms with E-state index in [9.17, 15) is 22.8 Å². The second-order valence-electron chi connectivity index (χ2n) is 8.27. The molecular formula is C27H20F3N3O3. The molecule has 5 aromatic rings. The van der Waals surface area contributed by atoms with E-state index in [0.29, 0.717) is 22.3 Å². The highest BCUT2D eigenvalue weighted by Gasteiger charge is 2.30. The van der Waals surface area contributed by atoms with Crippen LogP contribution in [-0.2, 0) is 17.3 Å². The molecule has 5 rings (SSSR count). The Morgan fingerprint density at radius 1 is 0.917 bits per heavy atom. The van der Waals surface area contributed by atoms with Crippen LogP contribution in [0.15, 0.2) is 83.8 Å². The smallest absolute Gasteiger partial charge is 0.416 e. The van der Waals surface area contributed by atoms with E-state index in [2.05, 4.69) is 15.3 Å². The number of halogens is 3. The lowest BCUT2D eigenvalue weighted by molar-refractivity contribution is -0.137. The predicted molar refractivity (Wildman–Crippen MR) is 132 cm³/mol. The molecule has 0 saturated carbocycles. The van der Waals surface area contributed by atoms with Crippen LogP contribution in [0.5, 0.6) is 0 Å². The van der Waals surface area contributed by atoms with Gasteiger partial charge in [0.05, 0.1) is 17.7 Å². The van der Waals surface area contributed by atoms with Crippen LogP contribution in [0.4, 0.5) is 23.7 Å². The number of ether oxygens (including phenoxy) is 1. The zero-order chi connectivity index (χ0) is 25.3. The summed E-state index contributed by atoms with van der Waals surface area (Å²) in [6.07, 6.45) is -3.24. The second kappa shape index (κ2) is 9.26. The normalized spacial score (nSPS) is 11.6. The van der Waals surface area contributed by atoms with Crippen molar-refractivity contribution < 1.29 is 22.7 Å². The van der Waals surface area contributed by atoms with Crippen molar-refractivity contribution in [3.05, 3.63) is 100 Å². The third-order valence-corrected chi connectivity index (χ3v) is 5.85. The van der Waals surface area contributed by atoms with Gasteiger partial charge in [-0.15, -0.1) is 0 Å². The third-order valence-electron chi connectivity index (χ3n) is 5.85. The number of nitrogens with one attached hydrogen (secondary N) is 3. The van der Waals surface area contributed by atoms with E-state index in [4.69, 9.17) is 4.74 Å². The molecule has 2 aromatic heterocycles. The fraction of sp³-hybridized carbons (Fsp3) is 0.111. The number of carbonyl (C=O) groups excluding carboxylic acids is 1. The molecule has 0 saturated heterocycles. The molecule has 0 aliphatic heterocycles. The molecule has 3 aromatic carbocycles. The van der Waals surface area contributed by atoms with E-state index in [1.165, 1.54) is 6.07 Å². The highest BCUT2D eigenvalue weighted by molar-refractivity contribution is 5.98. The van der Waals surface area contributed by atoms with Crippen molar-refractivity contribution in [2.24, 2.45) is 0 Å². The van der Waals surface area contributed by atoms with Gasteiger partial charge in [0, 0.05) is 40.3 Å². The van der Waals surface area contributed by atoms with Crippen molar-refractivity contribution in [3.8, 4) is 11.1 Å². The zero-order valence-electron chi connectivity index (χ0n) is 18.8. The molecule has 0 fully saturated rings. The van der Waals surface area contributed by atoms with E-state index in [1.54, 1.807) is 36.5 Å². The number of para-hydroxylation sites is 1. The van der Waals surface area contributed by atoms with Gasteiger partial charge in [0.1, 0.15) is 0 Å². The average Bonchev–Trinajstić information content (AvgIpc) is 3.27. The summed E-state index contributed by atoms with van der Waals surface area (Å²) in [4.78, 5) is 31.0. The van der Waals surface area contributed by atoms with Gasteiger partial charge in [0.25, 0.3) is 5.56 Å². The number of benzene rings is 3. The van der Waals surface area contributed by atoms with Gasteiger partial charge < -0.3 is 14.7 Å². The fourth-order valence-electron chi connectivity index (χ4n) is 4.09. The number of hydrogen-bond donors (Lipinski definition) is 3. The molecule has 9 heteroatoms. The number of hydrogen-bond acceptors (Lipinski definition) is 3. The van der Waals surface area contributed by atoms with Crippen LogP contribution >= 0.6 is 0 Å². The summed E-state index contributed by atoms with van der Waals surface area (Å²) in [6, 6.07) is 19.4. The molecule has 0 aliphatic rings. The Bertz CT molecular complexity index is 1640. The van der Waals surface area contributed by atoms with Gasteiger partial charge in [-0.2, -0.15) is 13.2 Å². The number of carbonyl (C=O) groups is 1. The Balaban J connectivity index is 1.26. The lowest BCUT2D eigenvalue weighted by Gasteiger charge is -2.10. The number of amides is 1. The summed E-state index contributed by atoms with van der Waals surface area (Å²) in [5.41, 5.74) is 2.57. The zero-order valence-corrected chi connectivity index (χ0v) is 18.8. The number of aromatic nitrogens is 2. The fourth-order valence-corrected chi connectivity index (χ4v) is 4.09. The topological polar surface area (TPSA) is 87.0 Å². The minimum absolute atomic E-state index is 0.0917. The lowest BCUT2D eigenvalue weighted by Crippen LogP contribution is -2.16. The van der Waals surface area contributed by atoms with Gasteiger partial charge in [0.15, 0.2) is 0 Å². The number of aromatic amines is 2. The molecule has 0 unspecified atom stereocenters. The van der Waals surface area contributed by atoms with Crippen LogP contribution in [-0.4, -0.2) is 22.7 Å². The van der Waals surface area contributed by atoms with Crippen LogP contribution in [0.2, 0.25) is 0 Å². The van der Waals surface area contributed by atoms with Crippen LogP contribution in [0.1, 0.15) is 11.1 Å². The summed E-state index contributed by atoms with van der Waals surface area (Å²) in [5, 5.41) is 4.29. The van der Waals surface area contributed by atoms with Crippen molar-refractivity contribution >= 4 is 33.6 Å². The maximum absolute atomic E-state index is 12.8. The van der Waals surface area contributed by atoms with Crippen molar-refractivity contribution in [3.63, 3.8) is 0 Å².